The van der Waals surface area contributed by atoms with Gasteiger partial charge in [0.25, 0.3) is 0 Å². The molecular formula is C16H25F3N4S. The van der Waals surface area contributed by atoms with Crippen molar-refractivity contribution in [3.8, 4) is 0 Å². The average molecular weight is 362 g/mol. The predicted molar refractivity (Wildman–Crippen MR) is 92.5 cm³/mol. The van der Waals surface area contributed by atoms with Crippen molar-refractivity contribution in [3.63, 3.8) is 0 Å². The largest absolute Gasteiger partial charge is 0.401 e. The van der Waals surface area contributed by atoms with Gasteiger partial charge in [-0.2, -0.15) is 13.2 Å². The van der Waals surface area contributed by atoms with Gasteiger partial charge in [0.1, 0.15) is 0 Å². The summed E-state index contributed by atoms with van der Waals surface area (Å²) in [6.45, 7) is 6.24. The van der Waals surface area contributed by atoms with E-state index in [1.807, 2.05) is 6.92 Å². The number of hydrogen-bond donors (Lipinski definition) is 2. The smallest absolute Gasteiger partial charge is 0.357 e. The number of halogens is 3. The zero-order chi connectivity index (χ0) is 17.6. The Kier molecular flexibility index (Phi) is 6.91. The van der Waals surface area contributed by atoms with Crippen LogP contribution in [0.25, 0.3) is 0 Å². The van der Waals surface area contributed by atoms with Crippen LogP contribution in [0.3, 0.4) is 0 Å². The number of nitrogens with one attached hydrogen (secondary N) is 2. The Morgan fingerprint density at radius 1 is 1.38 bits per heavy atom. The number of hydrogen-bond acceptors (Lipinski definition) is 3. The molecule has 4 nitrogen and oxygen atoms in total. The molecule has 8 heteroatoms. The molecule has 24 heavy (non-hydrogen) atoms. The molecule has 136 valence electrons. The molecule has 1 aromatic heterocycles. The number of aryl methyl sites for hydroxylation is 1. The second-order valence-corrected chi connectivity index (χ2v) is 7.47. The van der Waals surface area contributed by atoms with Gasteiger partial charge >= 0.3 is 6.18 Å². The summed E-state index contributed by atoms with van der Waals surface area (Å²) in [6, 6.07) is 4.14. The molecule has 1 aliphatic heterocycles. The van der Waals surface area contributed by atoms with Gasteiger partial charge in [-0.1, -0.05) is 0 Å². The number of rotatable bonds is 6. The van der Waals surface area contributed by atoms with Gasteiger partial charge in [0, 0.05) is 29.4 Å². The van der Waals surface area contributed by atoms with E-state index in [-0.39, 0.29) is 5.92 Å². The Morgan fingerprint density at radius 2 is 2.17 bits per heavy atom. The van der Waals surface area contributed by atoms with E-state index in [0.29, 0.717) is 26.2 Å². The molecule has 1 unspecified atom stereocenters. The van der Waals surface area contributed by atoms with E-state index in [1.165, 1.54) is 14.7 Å². The first-order chi connectivity index (χ1) is 11.4. The van der Waals surface area contributed by atoms with Crippen LogP contribution < -0.4 is 10.6 Å². The minimum atomic E-state index is -4.11. The minimum Gasteiger partial charge on any atom is -0.357 e. The molecule has 0 aromatic carbocycles. The Labute approximate surface area is 145 Å². The first-order valence-electron chi connectivity index (χ1n) is 8.22. The van der Waals surface area contributed by atoms with Crippen molar-refractivity contribution in [2.45, 2.75) is 33.0 Å². The molecule has 0 radical (unpaired) electrons. The molecule has 0 bridgehead atoms. The zero-order valence-electron chi connectivity index (χ0n) is 14.1. The highest BCUT2D eigenvalue weighted by Gasteiger charge is 2.34. The van der Waals surface area contributed by atoms with Gasteiger partial charge in [-0.25, -0.2) is 4.99 Å². The number of thiophene rings is 1. The Hall–Kier alpha value is -1.28. The van der Waals surface area contributed by atoms with E-state index in [2.05, 4.69) is 34.7 Å². The molecule has 1 aromatic rings. The summed E-state index contributed by atoms with van der Waals surface area (Å²) in [5.41, 5.74) is 0. The molecule has 2 heterocycles. The van der Waals surface area contributed by atoms with Gasteiger partial charge in [0.05, 0.1) is 13.1 Å². The molecule has 1 aliphatic rings. The van der Waals surface area contributed by atoms with E-state index in [1.54, 1.807) is 11.3 Å². The summed E-state index contributed by atoms with van der Waals surface area (Å²) in [4.78, 5) is 8.48. The fourth-order valence-electron chi connectivity index (χ4n) is 2.79. The molecule has 1 saturated heterocycles. The highest BCUT2D eigenvalue weighted by Crippen LogP contribution is 2.22. The highest BCUT2D eigenvalue weighted by atomic mass is 32.1. The summed E-state index contributed by atoms with van der Waals surface area (Å²) in [5.74, 6) is 0.943. The molecule has 2 rings (SSSR count). The fourth-order valence-corrected chi connectivity index (χ4v) is 3.60. The SMILES string of the molecule is CCNC(=NCc1ccc(C)s1)NCC1CCN(CC(F)(F)F)C1. The average Bonchev–Trinajstić information content (AvgIpc) is 3.09. The molecule has 0 amide bonds. The molecule has 1 fully saturated rings. The van der Waals surface area contributed by atoms with E-state index < -0.39 is 12.7 Å². The first-order valence-corrected chi connectivity index (χ1v) is 9.04. The van der Waals surface area contributed by atoms with Crippen molar-refractivity contribution >= 4 is 17.3 Å². The number of nitrogens with zero attached hydrogens (tertiary/aromatic N) is 2. The lowest BCUT2D eigenvalue weighted by atomic mass is 10.1. The van der Waals surface area contributed by atoms with Crippen LogP contribution in [0.5, 0.6) is 0 Å². The third kappa shape index (κ3) is 6.68. The van der Waals surface area contributed by atoms with Crippen LogP contribution in [0.15, 0.2) is 17.1 Å². The van der Waals surface area contributed by atoms with Crippen LogP contribution in [0.4, 0.5) is 13.2 Å². The molecule has 0 spiro atoms. The van der Waals surface area contributed by atoms with E-state index in [4.69, 9.17) is 0 Å². The number of aliphatic imine (C=N–C) groups is 1. The van der Waals surface area contributed by atoms with Crippen molar-refractivity contribution in [2.75, 3.05) is 32.7 Å². The predicted octanol–water partition coefficient (Wildman–Crippen LogP) is 3.00. The Balaban J connectivity index is 1.79. The lowest BCUT2D eigenvalue weighted by Gasteiger charge is -2.18. The number of alkyl halides is 3. The molecule has 0 aliphatic carbocycles. The Bertz CT molecular complexity index is 542. The number of likely N-dealkylation sites (tertiary alicyclic amines) is 1. The summed E-state index contributed by atoms with van der Waals surface area (Å²) in [5, 5.41) is 6.44. The van der Waals surface area contributed by atoms with Gasteiger partial charge in [-0.05, 0) is 44.9 Å². The second-order valence-electron chi connectivity index (χ2n) is 6.09. The van der Waals surface area contributed by atoms with Crippen molar-refractivity contribution in [1.29, 1.82) is 0 Å². The van der Waals surface area contributed by atoms with Crippen molar-refractivity contribution in [3.05, 3.63) is 21.9 Å². The van der Waals surface area contributed by atoms with E-state index >= 15 is 0 Å². The lowest BCUT2D eigenvalue weighted by molar-refractivity contribution is -0.143. The fraction of sp³-hybridized carbons (Fsp3) is 0.688. The van der Waals surface area contributed by atoms with Crippen LogP contribution in [0.1, 0.15) is 23.1 Å². The van der Waals surface area contributed by atoms with Crippen LogP contribution >= 0.6 is 11.3 Å². The third-order valence-electron chi connectivity index (χ3n) is 3.86. The van der Waals surface area contributed by atoms with Gasteiger partial charge in [0.15, 0.2) is 5.96 Å². The summed E-state index contributed by atoms with van der Waals surface area (Å²) >= 11 is 1.72. The molecule has 2 N–H and O–H groups in total. The summed E-state index contributed by atoms with van der Waals surface area (Å²) in [7, 11) is 0. The van der Waals surface area contributed by atoms with Gasteiger partial charge in [-0.15, -0.1) is 11.3 Å². The van der Waals surface area contributed by atoms with Crippen molar-refractivity contribution < 1.29 is 13.2 Å². The maximum atomic E-state index is 12.4. The van der Waals surface area contributed by atoms with Gasteiger partial charge in [-0.3, -0.25) is 4.90 Å². The van der Waals surface area contributed by atoms with E-state index in [9.17, 15) is 13.2 Å². The van der Waals surface area contributed by atoms with Gasteiger partial charge in [0.2, 0.25) is 0 Å². The summed E-state index contributed by atoms with van der Waals surface area (Å²) < 4.78 is 37.3. The maximum Gasteiger partial charge on any atom is 0.401 e. The zero-order valence-corrected chi connectivity index (χ0v) is 14.9. The molecular weight excluding hydrogens is 337 g/mol. The quantitative estimate of drug-likeness (QED) is 0.604. The lowest BCUT2D eigenvalue weighted by Crippen LogP contribution is -2.40. The monoisotopic (exact) mass is 362 g/mol. The minimum absolute atomic E-state index is 0.222. The highest BCUT2D eigenvalue weighted by molar-refractivity contribution is 7.11. The van der Waals surface area contributed by atoms with Crippen LogP contribution in [0.2, 0.25) is 0 Å². The van der Waals surface area contributed by atoms with E-state index in [0.717, 1.165) is 18.9 Å². The molecule has 1 atom stereocenters. The second kappa shape index (κ2) is 8.71. The van der Waals surface area contributed by atoms with Crippen molar-refractivity contribution in [2.24, 2.45) is 10.9 Å². The molecule has 0 saturated carbocycles. The third-order valence-corrected chi connectivity index (χ3v) is 4.85. The number of guanidine groups is 1. The Morgan fingerprint density at radius 3 is 2.79 bits per heavy atom. The normalized spacial score (nSPS) is 19.7. The van der Waals surface area contributed by atoms with Crippen LogP contribution in [0, 0.1) is 12.8 Å². The van der Waals surface area contributed by atoms with Crippen LogP contribution in [-0.2, 0) is 6.54 Å². The summed E-state index contributed by atoms with van der Waals surface area (Å²) in [6.07, 6.45) is -3.33. The van der Waals surface area contributed by atoms with Gasteiger partial charge < -0.3 is 10.6 Å². The van der Waals surface area contributed by atoms with Crippen molar-refractivity contribution in [1.82, 2.24) is 15.5 Å². The standard InChI is InChI=1S/C16H25F3N4S/c1-3-20-15(22-9-14-5-4-12(2)24-14)21-8-13-6-7-23(10-13)11-16(17,18)19/h4-5,13H,3,6-11H2,1-2H3,(H2,20,21,22). The first kappa shape index (κ1) is 19.1. The topological polar surface area (TPSA) is 39.7 Å². The maximum absolute atomic E-state index is 12.4. The van der Waals surface area contributed by atoms with Crippen LogP contribution in [-0.4, -0.2) is 49.8 Å².